The third-order valence-electron chi connectivity index (χ3n) is 11.4. The molecule has 66 heavy (non-hydrogen) atoms. The van der Waals surface area contributed by atoms with Crippen LogP contribution in [0.1, 0.15) is 101 Å². The van der Waals surface area contributed by atoms with Gasteiger partial charge in [0.2, 0.25) is 0 Å². The van der Waals surface area contributed by atoms with E-state index >= 15 is 0 Å². The summed E-state index contributed by atoms with van der Waals surface area (Å²) in [5, 5.41) is 12.5. The number of aliphatic hydroxyl groups is 1. The molecule has 4 aromatic rings. The fourth-order valence-corrected chi connectivity index (χ4v) is 8.06. The highest BCUT2D eigenvalue weighted by atomic mass is 16.8. The van der Waals surface area contributed by atoms with Crippen LogP contribution in [0.5, 0.6) is 0 Å². The fraction of sp³-hybridized carbons (Fsp3) is 0.451. The van der Waals surface area contributed by atoms with Gasteiger partial charge in [-0.05, 0) is 68.8 Å². The highest BCUT2D eigenvalue weighted by Gasteiger charge is 2.59. The highest BCUT2D eigenvalue weighted by Crippen LogP contribution is 2.41. The van der Waals surface area contributed by atoms with Crippen molar-refractivity contribution < 1.29 is 71.7 Å². The molecule has 0 radical (unpaired) electrons. The molecule has 0 unspecified atom stereocenters. The summed E-state index contributed by atoms with van der Waals surface area (Å²) < 4.78 is 62.4. The number of rotatable bonds is 20. The second-order valence-electron chi connectivity index (χ2n) is 16.8. The van der Waals surface area contributed by atoms with Gasteiger partial charge in [0.25, 0.3) is 0 Å². The van der Waals surface area contributed by atoms with E-state index in [0.29, 0.717) is 12.0 Å². The van der Waals surface area contributed by atoms with Gasteiger partial charge in [-0.15, -0.1) is 0 Å². The van der Waals surface area contributed by atoms with E-state index in [-0.39, 0.29) is 29.9 Å². The van der Waals surface area contributed by atoms with Crippen molar-refractivity contribution in [2.24, 2.45) is 0 Å². The Balaban J connectivity index is 1.21. The Morgan fingerprint density at radius 1 is 0.530 bits per heavy atom. The Labute approximate surface area is 384 Å². The van der Waals surface area contributed by atoms with Crippen LogP contribution in [0.15, 0.2) is 121 Å². The highest BCUT2D eigenvalue weighted by molar-refractivity contribution is 5.91. The molecule has 1 N–H and O–H groups in total. The molecule has 4 aromatic carbocycles. The lowest BCUT2D eigenvalue weighted by Crippen LogP contribution is -2.65. The number of carbonyl (C=O) groups excluding carboxylic acids is 4. The molecule has 0 spiro atoms. The van der Waals surface area contributed by atoms with Gasteiger partial charge in [0.05, 0.1) is 22.3 Å². The molecule has 0 aliphatic carbocycles. The normalized spacial score (nSPS) is 26.7. The van der Waals surface area contributed by atoms with Crippen molar-refractivity contribution in [1.82, 2.24) is 0 Å². The van der Waals surface area contributed by atoms with Crippen molar-refractivity contribution in [3.63, 3.8) is 0 Å². The Bertz CT molecular complexity index is 2150. The van der Waals surface area contributed by atoms with Gasteiger partial charge in [-0.1, -0.05) is 112 Å². The largest absolute Gasteiger partial charge is 0.459 e. The molecule has 10 atom stereocenters. The van der Waals surface area contributed by atoms with Gasteiger partial charge in [-0.25, -0.2) is 19.2 Å². The predicted octanol–water partition coefficient (Wildman–Crippen LogP) is 7.24. The summed E-state index contributed by atoms with van der Waals surface area (Å²) in [6.45, 7) is 4.89. The number of aliphatic hydroxyl groups excluding tert-OH is 1. The maximum atomic E-state index is 13.8. The van der Waals surface area contributed by atoms with Crippen LogP contribution in [-0.2, 0) is 47.4 Å². The number of unbranched alkanes of at least 4 members (excludes halogenated alkanes) is 5. The average molecular weight is 911 g/mol. The van der Waals surface area contributed by atoms with Crippen molar-refractivity contribution >= 4 is 23.9 Å². The molecule has 3 saturated heterocycles. The monoisotopic (exact) mass is 910 g/mol. The smallest absolute Gasteiger partial charge is 0.338 e. The predicted molar refractivity (Wildman–Crippen MR) is 236 cm³/mol. The fourth-order valence-electron chi connectivity index (χ4n) is 8.06. The van der Waals surface area contributed by atoms with Gasteiger partial charge in [-0.2, -0.15) is 0 Å². The third-order valence-corrected chi connectivity index (χ3v) is 11.4. The first kappa shape index (κ1) is 48.4. The van der Waals surface area contributed by atoms with E-state index in [1.165, 1.54) is 0 Å². The molecule has 3 fully saturated rings. The lowest BCUT2D eigenvalue weighted by atomic mass is 9.96. The second-order valence-corrected chi connectivity index (χ2v) is 16.8. The Hall–Kier alpha value is -5.52. The molecule has 3 heterocycles. The van der Waals surface area contributed by atoms with Gasteiger partial charge < -0.3 is 52.5 Å². The molecule has 3 aliphatic heterocycles. The molecule has 7 rings (SSSR count). The van der Waals surface area contributed by atoms with Crippen LogP contribution in [0.25, 0.3) is 0 Å². The number of carbonyl (C=O) groups is 4. The summed E-state index contributed by atoms with van der Waals surface area (Å²) in [7, 11) is 0. The Morgan fingerprint density at radius 2 is 0.970 bits per heavy atom. The quantitative estimate of drug-likeness (QED) is 0.0532. The number of esters is 4. The molecule has 0 saturated carbocycles. The van der Waals surface area contributed by atoms with Crippen molar-refractivity contribution in [1.29, 1.82) is 0 Å². The zero-order valence-corrected chi connectivity index (χ0v) is 37.3. The molecule has 3 aliphatic rings. The number of fused-ring (bicyclic) bond motifs is 1. The first-order valence-corrected chi connectivity index (χ1v) is 22.6. The van der Waals surface area contributed by atoms with Crippen LogP contribution < -0.4 is 0 Å². The van der Waals surface area contributed by atoms with E-state index in [0.717, 1.165) is 32.1 Å². The van der Waals surface area contributed by atoms with Crippen LogP contribution in [0, 0.1) is 0 Å². The van der Waals surface area contributed by atoms with E-state index in [9.17, 15) is 24.3 Å². The summed E-state index contributed by atoms with van der Waals surface area (Å²) in [5.74, 6) is -4.05. The van der Waals surface area contributed by atoms with Crippen LogP contribution in [0.4, 0.5) is 0 Å². The summed E-state index contributed by atoms with van der Waals surface area (Å²) in [6, 6.07) is 33.2. The maximum absolute atomic E-state index is 13.8. The van der Waals surface area contributed by atoms with Crippen LogP contribution >= 0.6 is 0 Å². The first-order chi connectivity index (χ1) is 32.0. The molecule has 0 amide bonds. The number of ether oxygens (including phenoxy) is 10. The van der Waals surface area contributed by atoms with Gasteiger partial charge in [0.15, 0.2) is 30.6 Å². The van der Waals surface area contributed by atoms with E-state index < -0.39 is 97.7 Å². The van der Waals surface area contributed by atoms with Crippen molar-refractivity contribution in [2.75, 3.05) is 19.8 Å². The summed E-state index contributed by atoms with van der Waals surface area (Å²) in [6.07, 6.45) is -7.56. The number of benzene rings is 4. The van der Waals surface area contributed by atoms with Gasteiger partial charge in [0.1, 0.15) is 49.8 Å². The molecule has 0 bridgehead atoms. The number of hydrogen-bond acceptors (Lipinski definition) is 15. The standard InChI is InChI=1S/C51H58O15/c1-4-5-6-7-8-21-30-57-49-42(62-47(55)35-26-17-11-18-27-35)39(52)40(37(60-49)31-58-45(53)33-22-13-9-14-23-33)64-50-44(63-48(56)36-28-19-12-20-29-36)43-41(65-51(2,3)66-43)38(61-50)32-59-46(54)34-24-15-10-16-25-34/h9-20,22-29,37-44,49-50,52H,4-8,21,30-32H2,1-3H3/t37-,38-,39+,40-,41+,42-,43+,44-,49-,50+/m1/s1. The zero-order valence-electron chi connectivity index (χ0n) is 37.3. The Morgan fingerprint density at radius 3 is 1.50 bits per heavy atom. The van der Waals surface area contributed by atoms with E-state index in [2.05, 4.69) is 6.92 Å². The van der Waals surface area contributed by atoms with Crippen LogP contribution in [0.3, 0.4) is 0 Å². The summed E-state index contributed by atoms with van der Waals surface area (Å²) in [5.41, 5.74) is 0.991. The summed E-state index contributed by atoms with van der Waals surface area (Å²) in [4.78, 5) is 54.1. The molecule has 0 aromatic heterocycles. The average Bonchev–Trinajstić information content (AvgIpc) is 3.68. The minimum atomic E-state index is -1.72. The van der Waals surface area contributed by atoms with E-state index in [1.54, 1.807) is 135 Å². The topological polar surface area (TPSA) is 181 Å². The molecule has 15 heteroatoms. The zero-order chi connectivity index (χ0) is 46.5. The third kappa shape index (κ3) is 12.7. The van der Waals surface area contributed by atoms with Gasteiger partial charge >= 0.3 is 23.9 Å². The van der Waals surface area contributed by atoms with Crippen molar-refractivity contribution in [3.8, 4) is 0 Å². The maximum Gasteiger partial charge on any atom is 0.338 e. The van der Waals surface area contributed by atoms with Crippen molar-refractivity contribution in [3.05, 3.63) is 144 Å². The van der Waals surface area contributed by atoms with Crippen molar-refractivity contribution in [2.45, 2.75) is 126 Å². The van der Waals surface area contributed by atoms with Crippen LogP contribution in [0.2, 0.25) is 0 Å². The van der Waals surface area contributed by atoms with Crippen LogP contribution in [-0.4, -0.2) is 116 Å². The molecular formula is C51H58O15. The first-order valence-electron chi connectivity index (χ1n) is 22.6. The lowest BCUT2D eigenvalue weighted by Gasteiger charge is -2.47. The second kappa shape index (κ2) is 23.3. The SMILES string of the molecule is CCCCCCCCO[C@@H]1O[C@H](COC(=O)c2ccccc2)[C@@H](O[C@@H]2O[C@H](COC(=O)c3ccccc3)[C@@H]3OC(C)(C)O[C@@H]3[C@H]2OC(=O)c2ccccc2)[C@H](O)[C@H]1OC(=O)c1ccccc1. The Kier molecular flexibility index (Phi) is 17.1. The lowest BCUT2D eigenvalue weighted by molar-refractivity contribution is -0.351. The molecule has 352 valence electrons. The number of hydrogen-bond donors (Lipinski definition) is 1. The van der Waals surface area contributed by atoms with E-state index in [4.69, 9.17) is 47.4 Å². The van der Waals surface area contributed by atoms with E-state index in [1.807, 2.05) is 0 Å². The molecule has 15 nitrogen and oxygen atoms in total. The van der Waals surface area contributed by atoms with Gasteiger partial charge in [-0.3, -0.25) is 0 Å². The minimum Gasteiger partial charge on any atom is -0.459 e. The minimum absolute atomic E-state index is 0.202. The van der Waals surface area contributed by atoms with Gasteiger partial charge in [0, 0.05) is 6.61 Å². The molecular weight excluding hydrogens is 853 g/mol. The summed E-state index contributed by atoms with van der Waals surface area (Å²) >= 11 is 0.